The Morgan fingerprint density at radius 2 is 1.73 bits per heavy atom. The molecule has 1 aromatic rings. The van der Waals surface area contributed by atoms with Gasteiger partial charge in [0.1, 0.15) is 0 Å². The van der Waals surface area contributed by atoms with Crippen LogP contribution in [0.3, 0.4) is 0 Å². The van der Waals surface area contributed by atoms with E-state index in [9.17, 15) is 0 Å². The van der Waals surface area contributed by atoms with Crippen molar-refractivity contribution in [1.82, 2.24) is 0 Å². The number of benzene rings is 1. The highest BCUT2D eigenvalue weighted by Gasteiger charge is 2.10. The summed E-state index contributed by atoms with van der Waals surface area (Å²) in [5, 5.41) is 3.09. The molecule has 1 atom stereocenters. The summed E-state index contributed by atoms with van der Waals surface area (Å²) in [7, 11) is 0. The average Bonchev–Trinajstić information content (AvgIpc) is 2.62. The summed E-state index contributed by atoms with van der Waals surface area (Å²) in [6.07, 6.45) is 0. The van der Waals surface area contributed by atoms with E-state index in [2.05, 4.69) is 17.4 Å². The van der Waals surface area contributed by atoms with Crippen molar-refractivity contribution in [2.45, 2.75) is 0 Å². The van der Waals surface area contributed by atoms with Crippen molar-refractivity contribution >= 4 is 22.7 Å². The van der Waals surface area contributed by atoms with E-state index in [0.29, 0.717) is 0 Å². The fourth-order valence-corrected chi connectivity index (χ4v) is 0.680. The largest absolute Gasteiger partial charge is 0.750 e. The molecule has 4 nitrogen and oxygen atoms in total. The van der Waals surface area contributed by atoms with E-state index in [0.717, 1.165) is 0 Å². The molecule has 2 rings (SSSR count). The maximum absolute atomic E-state index is 8.56. The number of rotatable bonds is 0. The van der Waals surface area contributed by atoms with Gasteiger partial charge in [0.15, 0.2) is 0 Å². The molecule has 0 saturated heterocycles. The van der Waals surface area contributed by atoms with E-state index in [1.54, 1.807) is 0 Å². The standard InChI is InChI=1S/C6H5N.H2O3S/c1-2-4-6-5(3-1)7-6;1-4(2)3/h1-4,7H;(H2,1,2,3)/p-1. The lowest BCUT2D eigenvalue weighted by atomic mass is 10.4. The lowest BCUT2D eigenvalue weighted by Crippen LogP contribution is -1.75. The summed E-state index contributed by atoms with van der Waals surface area (Å²) in [4.78, 5) is 0. The highest BCUT2D eigenvalue weighted by molar-refractivity contribution is 7.73. The van der Waals surface area contributed by atoms with Crippen LogP contribution in [0.15, 0.2) is 24.3 Å². The van der Waals surface area contributed by atoms with Crippen LogP contribution in [-0.4, -0.2) is 13.3 Å². The van der Waals surface area contributed by atoms with Gasteiger partial charge in [0.25, 0.3) is 0 Å². The minimum Gasteiger partial charge on any atom is -0.750 e. The first-order valence-electron chi connectivity index (χ1n) is 2.84. The van der Waals surface area contributed by atoms with E-state index in [4.69, 9.17) is 13.3 Å². The van der Waals surface area contributed by atoms with Crippen LogP contribution >= 0.6 is 0 Å². The van der Waals surface area contributed by atoms with E-state index in [1.807, 2.05) is 12.1 Å². The van der Waals surface area contributed by atoms with Crippen LogP contribution in [-0.2, 0) is 11.4 Å². The Bertz CT molecular complexity index is 251. The number of para-hydroxylation sites is 2. The van der Waals surface area contributed by atoms with Gasteiger partial charge in [-0.3, -0.25) is 0 Å². The summed E-state index contributed by atoms with van der Waals surface area (Å²) in [6, 6.07) is 8.18. The molecule has 1 unspecified atom stereocenters. The van der Waals surface area contributed by atoms with Gasteiger partial charge in [-0.05, 0) is 12.1 Å². The zero-order valence-corrected chi connectivity index (χ0v) is 6.30. The molecule has 5 heteroatoms. The summed E-state index contributed by atoms with van der Waals surface area (Å²) in [5.74, 6) is 0. The predicted molar refractivity (Wildman–Crippen MR) is 41.3 cm³/mol. The van der Waals surface area contributed by atoms with Crippen LogP contribution in [0, 0.1) is 0 Å². The molecule has 1 heterocycles. The second-order valence-electron chi connectivity index (χ2n) is 1.89. The van der Waals surface area contributed by atoms with Crippen molar-refractivity contribution in [2.24, 2.45) is 0 Å². The molecule has 0 fully saturated rings. The molecule has 60 valence electrons. The third kappa shape index (κ3) is 3.13. The second-order valence-corrected chi connectivity index (χ2v) is 2.32. The van der Waals surface area contributed by atoms with Crippen LogP contribution in [0.25, 0.3) is 0 Å². The molecule has 0 spiro atoms. The molecular formula is C6H6NO3S-. The Hall–Kier alpha value is -0.910. The molecule has 0 bridgehead atoms. The molecule has 1 aliphatic heterocycles. The van der Waals surface area contributed by atoms with Gasteiger partial charge in [0.05, 0.1) is 22.7 Å². The third-order valence-corrected chi connectivity index (χ3v) is 1.13. The minimum absolute atomic E-state index is 1.28. The third-order valence-electron chi connectivity index (χ3n) is 1.13. The molecule has 1 aliphatic rings. The highest BCUT2D eigenvalue weighted by atomic mass is 32.2. The first-order valence-corrected chi connectivity index (χ1v) is 3.88. The van der Waals surface area contributed by atoms with Gasteiger partial charge in [-0.25, -0.2) is 4.21 Å². The van der Waals surface area contributed by atoms with Gasteiger partial charge >= 0.3 is 0 Å². The Balaban J connectivity index is 0.000000134. The van der Waals surface area contributed by atoms with Crippen molar-refractivity contribution in [3.63, 3.8) is 0 Å². The average molecular weight is 172 g/mol. The second kappa shape index (κ2) is 3.47. The van der Waals surface area contributed by atoms with E-state index < -0.39 is 11.4 Å². The molecule has 11 heavy (non-hydrogen) atoms. The van der Waals surface area contributed by atoms with Crippen LogP contribution in [0.2, 0.25) is 0 Å². The summed E-state index contributed by atoms with van der Waals surface area (Å²) < 4.78 is 24.1. The zero-order chi connectivity index (χ0) is 8.27. The molecule has 0 saturated carbocycles. The molecular weight excluding hydrogens is 166 g/mol. The lowest BCUT2D eigenvalue weighted by Gasteiger charge is -1.83. The Morgan fingerprint density at radius 1 is 1.36 bits per heavy atom. The topological polar surface area (TPSA) is 82.3 Å². The van der Waals surface area contributed by atoms with Gasteiger partial charge in [0, 0.05) is 0 Å². The Kier molecular flexibility index (Phi) is 2.58. The van der Waals surface area contributed by atoms with E-state index in [1.165, 1.54) is 11.4 Å². The molecule has 2 N–H and O–H groups in total. The van der Waals surface area contributed by atoms with Crippen molar-refractivity contribution in [3.05, 3.63) is 24.3 Å². The monoisotopic (exact) mass is 172 g/mol. The smallest absolute Gasteiger partial charge is 0.0814 e. The summed E-state index contributed by atoms with van der Waals surface area (Å²) in [5.41, 5.74) is 2.56. The van der Waals surface area contributed by atoms with Crippen molar-refractivity contribution in [1.29, 1.82) is 0 Å². The first kappa shape index (κ1) is 8.19. The predicted octanol–water partition coefficient (Wildman–Crippen LogP) is 1.08. The van der Waals surface area contributed by atoms with Crippen molar-refractivity contribution in [2.75, 3.05) is 5.32 Å². The van der Waals surface area contributed by atoms with E-state index >= 15 is 0 Å². The summed E-state index contributed by atoms with van der Waals surface area (Å²) in [6.45, 7) is 0. The van der Waals surface area contributed by atoms with Gasteiger partial charge in [0.2, 0.25) is 0 Å². The van der Waals surface area contributed by atoms with Gasteiger partial charge in [-0.1, -0.05) is 12.1 Å². The normalized spacial score (nSPS) is 13.3. The Labute approximate surface area is 66.4 Å². The lowest BCUT2D eigenvalue weighted by molar-refractivity contribution is 0.436. The molecule has 0 radical (unpaired) electrons. The number of fused-ring (bicyclic) bond motifs is 1. The molecule has 0 amide bonds. The van der Waals surface area contributed by atoms with Gasteiger partial charge < -0.3 is 14.4 Å². The van der Waals surface area contributed by atoms with Crippen LogP contribution in [0.4, 0.5) is 11.4 Å². The number of hydrogen-bond acceptors (Lipinski definition) is 3. The minimum atomic E-state index is -2.86. The number of hydrogen-bond donors (Lipinski definition) is 2. The van der Waals surface area contributed by atoms with Gasteiger partial charge in [-0.2, -0.15) is 0 Å². The zero-order valence-electron chi connectivity index (χ0n) is 5.48. The van der Waals surface area contributed by atoms with Crippen molar-refractivity contribution in [3.8, 4) is 0 Å². The first-order chi connectivity index (χ1) is 5.20. The fraction of sp³-hybridized carbons (Fsp3) is 0. The Morgan fingerprint density at radius 3 is 2.00 bits per heavy atom. The molecule has 0 aliphatic carbocycles. The SMILES string of the molecule is O=S([O-])O.c1ccc2c(c1)N2. The molecule has 0 aromatic heterocycles. The number of nitrogens with one attached hydrogen (secondary N) is 1. The van der Waals surface area contributed by atoms with Gasteiger partial charge in [-0.15, -0.1) is 0 Å². The van der Waals surface area contributed by atoms with Crippen molar-refractivity contribution < 1.29 is 13.3 Å². The quantitative estimate of drug-likeness (QED) is 0.460. The van der Waals surface area contributed by atoms with Crippen LogP contribution < -0.4 is 5.32 Å². The van der Waals surface area contributed by atoms with E-state index in [-0.39, 0.29) is 0 Å². The summed E-state index contributed by atoms with van der Waals surface area (Å²) >= 11 is -2.86. The maximum Gasteiger partial charge on any atom is 0.0814 e. The highest BCUT2D eigenvalue weighted by Crippen LogP contribution is 2.36. The number of anilines is 2. The fourth-order valence-electron chi connectivity index (χ4n) is 0.680. The maximum atomic E-state index is 8.56. The van der Waals surface area contributed by atoms with Crippen LogP contribution in [0.5, 0.6) is 0 Å². The molecule has 1 aromatic carbocycles. The van der Waals surface area contributed by atoms with Crippen LogP contribution in [0.1, 0.15) is 0 Å².